The van der Waals surface area contributed by atoms with E-state index in [0.29, 0.717) is 5.92 Å². The van der Waals surface area contributed by atoms with Gasteiger partial charge in [-0.3, -0.25) is 4.99 Å². The van der Waals surface area contributed by atoms with Crippen molar-refractivity contribution in [2.24, 2.45) is 10.9 Å². The van der Waals surface area contributed by atoms with Crippen molar-refractivity contribution in [3.05, 3.63) is 11.8 Å². The van der Waals surface area contributed by atoms with Gasteiger partial charge in [0.15, 0.2) is 0 Å². The zero-order chi connectivity index (χ0) is 9.40. The van der Waals surface area contributed by atoms with Crippen LogP contribution in [-0.2, 0) is 0 Å². The molecule has 0 rings (SSSR count). The predicted octanol–water partition coefficient (Wildman–Crippen LogP) is 3.81. The van der Waals surface area contributed by atoms with Gasteiger partial charge in [-0.25, -0.2) is 0 Å². The quantitative estimate of drug-likeness (QED) is 0.552. The Kier molecular flexibility index (Phi) is 6.73. The Balaban J connectivity index is 4.04. The van der Waals surface area contributed by atoms with E-state index in [2.05, 4.69) is 38.8 Å². The van der Waals surface area contributed by atoms with Crippen LogP contribution in [0, 0.1) is 5.92 Å². The molecule has 0 saturated carbocycles. The number of hydrogen-bond donors (Lipinski definition) is 0. The van der Waals surface area contributed by atoms with Gasteiger partial charge < -0.3 is 0 Å². The fourth-order valence-electron chi connectivity index (χ4n) is 0.946. The average Bonchev–Trinajstić information content (AvgIpc) is 2.03. The molecule has 0 aliphatic heterocycles. The van der Waals surface area contributed by atoms with E-state index in [1.165, 1.54) is 12.1 Å². The second-order valence-electron chi connectivity index (χ2n) is 3.29. The topological polar surface area (TPSA) is 12.4 Å². The highest BCUT2D eigenvalue weighted by Crippen LogP contribution is 2.11. The van der Waals surface area contributed by atoms with Crippen LogP contribution in [0.5, 0.6) is 0 Å². The molecule has 0 saturated heterocycles. The van der Waals surface area contributed by atoms with Crippen molar-refractivity contribution in [3.8, 4) is 0 Å². The summed E-state index contributed by atoms with van der Waals surface area (Å²) in [7, 11) is 0. The molecule has 0 heterocycles. The first-order valence-corrected chi connectivity index (χ1v) is 4.94. The van der Waals surface area contributed by atoms with Crippen LogP contribution in [0.1, 0.15) is 47.0 Å². The van der Waals surface area contributed by atoms with Gasteiger partial charge >= 0.3 is 0 Å². The van der Waals surface area contributed by atoms with Crippen molar-refractivity contribution < 1.29 is 0 Å². The largest absolute Gasteiger partial charge is 0.266 e. The van der Waals surface area contributed by atoms with Crippen molar-refractivity contribution in [3.63, 3.8) is 0 Å². The standard InChI is InChI=1S/C11H21N/c1-5-7-9-12-11(8-6-2)10(3)4/h8-10H,5-7H2,1-4H3/b11-8-,12-9-. The molecular weight excluding hydrogens is 146 g/mol. The minimum absolute atomic E-state index is 0.554. The monoisotopic (exact) mass is 167 g/mol. The molecular formula is C11H21N. The summed E-state index contributed by atoms with van der Waals surface area (Å²) >= 11 is 0. The summed E-state index contributed by atoms with van der Waals surface area (Å²) in [6.07, 6.45) is 7.59. The lowest BCUT2D eigenvalue weighted by Crippen LogP contribution is -1.91. The minimum Gasteiger partial charge on any atom is -0.266 e. The molecule has 12 heavy (non-hydrogen) atoms. The Morgan fingerprint density at radius 1 is 1.33 bits per heavy atom. The van der Waals surface area contributed by atoms with Crippen LogP contribution in [0.4, 0.5) is 0 Å². The Morgan fingerprint density at radius 2 is 2.00 bits per heavy atom. The van der Waals surface area contributed by atoms with Gasteiger partial charge in [0, 0.05) is 11.9 Å². The molecule has 0 aliphatic rings. The summed E-state index contributed by atoms with van der Waals surface area (Å²) in [5, 5.41) is 0. The average molecular weight is 167 g/mol. The van der Waals surface area contributed by atoms with E-state index < -0.39 is 0 Å². The maximum atomic E-state index is 4.44. The Morgan fingerprint density at radius 3 is 2.42 bits per heavy atom. The lowest BCUT2D eigenvalue weighted by Gasteiger charge is -2.04. The van der Waals surface area contributed by atoms with Gasteiger partial charge in [-0.15, -0.1) is 0 Å². The fraction of sp³-hybridized carbons (Fsp3) is 0.727. The van der Waals surface area contributed by atoms with Crippen LogP contribution in [0.3, 0.4) is 0 Å². The lowest BCUT2D eigenvalue weighted by atomic mass is 10.1. The van der Waals surface area contributed by atoms with Crippen LogP contribution >= 0.6 is 0 Å². The molecule has 0 N–H and O–H groups in total. The van der Waals surface area contributed by atoms with E-state index in [0.717, 1.165) is 12.8 Å². The maximum Gasteiger partial charge on any atom is 0.0385 e. The van der Waals surface area contributed by atoms with Crippen LogP contribution in [0.2, 0.25) is 0 Å². The number of nitrogens with zero attached hydrogens (tertiary/aromatic N) is 1. The van der Waals surface area contributed by atoms with Crippen molar-refractivity contribution in [1.29, 1.82) is 0 Å². The van der Waals surface area contributed by atoms with E-state index in [1.807, 2.05) is 6.21 Å². The van der Waals surface area contributed by atoms with E-state index in [1.54, 1.807) is 0 Å². The number of rotatable bonds is 5. The lowest BCUT2D eigenvalue weighted by molar-refractivity contribution is 0.751. The van der Waals surface area contributed by atoms with Crippen molar-refractivity contribution >= 4 is 6.21 Å². The van der Waals surface area contributed by atoms with Crippen LogP contribution in [0.15, 0.2) is 16.8 Å². The maximum absolute atomic E-state index is 4.44. The highest BCUT2D eigenvalue weighted by Gasteiger charge is 1.97. The molecule has 0 bridgehead atoms. The zero-order valence-electron chi connectivity index (χ0n) is 8.80. The first-order valence-electron chi connectivity index (χ1n) is 4.94. The van der Waals surface area contributed by atoms with Gasteiger partial charge in [0.1, 0.15) is 0 Å². The van der Waals surface area contributed by atoms with Gasteiger partial charge in [0.2, 0.25) is 0 Å². The molecule has 70 valence electrons. The number of unbranched alkanes of at least 4 members (excludes halogenated alkanes) is 1. The molecule has 0 radical (unpaired) electrons. The smallest absolute Gasteiger partial charge is 0.0385 e. The molecule has 0 spiro atoms. The second-order valence-corrected chi connectivity index (χ2v) is 3.29. The van der Waals surface area contributed by atoms with Crippen molar-refractivity contribution in [2.45, 2.75) is 47.0 Å². The van der Waals surface area contributed by atoms with E-state index in [-0.39, 0.29) is 0 Å². The third-order valence-electron chi connectivity index (χ3n) is 1.66. The number of hydrogen-bond acceptors (Lipinski definition) is 1. The SMILES string of the molecule is CC/C=C(\N=C/CCC)C(C)C. The molecule has 0 fully saturated rings. The highest BCUT2D eigenvalue weighted by molar-refractivity contribution is 5.58. The highest BCUT2D eigenvalue weighted by atomic mass is 14.7. The van der Waals surface area contributed by atoms with E-state index in [4.69, 9.17) is 0 Å². The third kappa shape index (κ3) is 5.11. The molecule has 0 aromatic heterocycles. The van der Waals surface area contributed by atoms with Gasteiger partial charge in [-0.05, 0) is 18.8 Å². The van der Waals surface area contributed by atoms with Gasteiger partial charge in [0.25, 0.3) is 0 Å². The first-order chi connectivity index (χ1) is 5.72. The summed E-state index contributed by atoms with van der Waals surface area (Å²) < 4.78 is 0. The van der Waals surface area contributed by atoms with Gasteiger partial charge in [-0.1, -0.05) is 40.2 Å². The molecule has 0 unspecified atom stereocenters. The van der Waals surface area contributed by atoms with E-state index in [9.17, 15) is 0 Å². The van der Waals surface area contributed by atoms with Gasteiger partial charge in [-0.2, -0.15) is 0 Å². The summed E-state index contributed by atoms with van der Waals surface area (Å²) in [6.45, 7) is 8.69. The first kappa shape index (κ1) is 11.4. The van der Waals surface area contributed by atoms with Crippen molar-refractivity contribution in [1.82, 2.24) is 0 Å². The third-order valence-corrected chi connectivity index (χ3v) is 1.66. The summed E-state index contributed by atoms with van der Waals surface area (Å²) in [5.74, 6) is 0.554. The van der Waals surface area contributed by atoms with Gasteiger partial charge in [0.05, 0.1) is 0 Å². The summed E-state index contributed by atoms with van der Waals surface area (Å²) in [5.41, 5.74) is 1.23. The van der Waals surface area contributed by atoms with Crippen molar-refractivity contribution in [2.75, 3.05) is 0 Å². The molecule has 0 atom stereocenters. The number of allylic oxidation sites excluding steroid dienone is 2. The summed E-state index contributed by atoms with van der Waals surface area (Å²) in [4.78, 5) is 4.44. The van der Waals surface area contributed by atoms with Crippen LogP contribution in [-0.4, -0.2) is 6.21 Å². The molecule has 0 aliphatic carbocycles. The number of aliphatic imine (C=N–C) groups is 1. The Bertz CT molecular complexity index is 154. The Labute approximate surface area is 76.6 Å². The fourth-order valence-corrected chi connectivity index (χ4v) is 0.946. The van der Waals surface area contributed by atoms with Crippen LogP contribution < -0.4 is 0 Å². The Hall–Kier alpha value is -0.590. The molecule has 1 heteroatoms. The molecule has 1 nitrogen and oxygen atoms in total. The second kappa shape index (κ2) is 7.08. The zero-order valence-corrected chi connectivity index (χ0v) is 8.80. The molecule has 0 aromatic carbocycles. The van der Waals surface area contributed by atoms with E-state index >= 15 is 0 Å². The molecule has 0 aromatic rings. The van der Waals surface area contributed by atoms with Crippen LogP contribution in [0.25, 0.3) is 0 Å². The predicted molar refractivity (Wildman–Crippen MR) is 56.6 cm³/mol. The molecule has 0 amide bonds. The normalized spacial score (nSPS) is 13.2. The summed E-state index contributed by atoms with van der Waals surface area (Å²) in [6, 6.07) is 0. The minimum atomic E-state index is 0.554.